The highest BCUT2D eigenvalue weighted by Gasteiger charge is 2.30. The van der Waals surface area contributed by atoms with Gasteiger partial charge >= 0.3 is 6.18 Å². The van der Waals surface area contributed by atoms with E-state index in [2.05, 4.69) is 20.3 Å². The van der Waals surface area contributed by atoms with Crippen molar-refractivity contribution in [2.75, 3.05) is 11.1 Å². The molecule has 31 heavy (non-hydrogen) atoms. The van der Waals surface area contributed by atoms with Crippen LogP contribution in [0.15, 0.2) is 54.7 Å². The van der Waals surface area contributed by atoms with Crippen LogP contribution in [0.3, 0.4) is 0 Å². The molecule has 3 aromatic rings. The van der Waals surface area contributed by atoms with E-state index in [1.165, 1.54) is 12.1 Å². The number of allylic oxidation sites excluding steroid dienone is 1. The fourth-order valence-corrected chi connectivity index (χ4v) is 3.09. The monoisotopic (exact) mass is 427 g/mol. The Bertz CT molecular complexity index is 1060. The quantitative estimate of drug-likeness (QED) is 0.552. The number of aromatic nitrogens is 3. The minimum absolute atomic E-state index is 0.153. The van der Waals surface area contributed by atoms with Gasteiger partial charge in [-0.2, -0.15) is 18.2 Å². The summed E-state index contributed by atoms with van der Waals surface area (Å²) >= 11 is 0. The van der Waals surface area contributed by atoms with Gasteiger partial charge in [0.1, 0.15) is 5.82 Å². The molecule has 0 aliphatic heterocycles. The van der Waals surface area contributed by atoms with E-state index in [0.717, 1.165) is 29.0 Å². The molecule has 0 aliphatic rings. The molecule has 0 amide bonds. The minimum Gasteiger partial charge on any atom is -0.368 e. The molecule has 2 aromatic heterocycles. The summed E-state index contributed by atoms with van der Waals surface area (Å²) in [5.74, 6) is 0.718. The van der Waals surface area contributed by atoms with Crippen LogP contribution in [0.1, 0.15) is 41.9 Å². The number of hydrogen-bond donors (Lipinski definition) is 2. The second-order valence-electron chi connectivity index (χ2n) is 7.73. The van der Waals surface area contributed by atoms with Gasteiger partial charge < -0.3 is 11.1 Å². The molecule has 2 heterocycles. The van der Waals surface area contributed by atoms with Gasteiger partial charge in [0, 0.05) is 17.2 Å². The lowest BCUT2D eigenvalue weighted by Crippen LogP contribution is -2.15. The predicted octanol–water partition coefficient (Wildman–Crippen LogP) is 5.38. The van der Waals surface area contributed by atoms with E-state index in [-0.39, 0.29) is 5.95 Å². The smallest absolute Gasteiger partial charge is 0.368 e. The van der Waals surface area contributed by atoms with Crippen molar-refractivity contribution in [3.63, 3.8) is 0 Å². The number of hydrogen-bond acceptors (Lipinski definition) is 5. The molecule has 0 aliphatic carbocycles. The lowest BCUT2D eigenvalue weighted by atomic mass is 9.83. The van der Waals surface area contributed by atoms with Gasteiger partial charge in [-0.15, -0.1) is 0 Å². The topological polar surface area (TPSA) is 76.7 Å². The van der Waals surface area contributed by atoms with Crippen molar-refractivity contribution < 1.29 is 13.2 Å². The number of nitrogen functional groups attached to an aromatic ring is 1. The molecule has 8 heteroatoms. The maximum absolute atomic E-state index is 12.9. The Balaban J connectivity index is 1.86. The number of pyridine rings is 1. The van der Waals surface area contributed by atoms with E-state index in [1.807, 2.05) is 51.1 Å². The summed E-state index contributed by atoms with van der Waals surface area (Å²) in [5, 5.41) is 3.24. The van der Waals surface area contributed by atoms with Crippen molar-refractivity contribution >= 4 is 17.8 Å². The van der Waals surface area contributed by atoms with Gasteiger partial charge in [0.15, 0.2) is 0 Å². The molecule has 0 fully saturated rings. The molecule has 0 saturated carbocycles. The molecular weight excluding hydrogens is 403 g/mol. The van der Waals surface area contributed by atoms with E-state index in [0.29, 0.717) is 18.1 Å². The van der Waals surface area contributed by atoms with Crippen LogP contribution in [0, 0.1) is 6.92 Å². The number of halogens is 3. The summed E-state index contributed by atoms with van der Waals surface area (Å²) < 4.78 is 38.6. The predicted molar refractivity (Wildman–Crippen MR) is 116 cm³/mol. The average molecular weight is 427 g/mol. The van der Waals surface area contributed by atoms with Crippen LogP contribution in [0.4, 0.5) is 24.9 Å². The maximum Gasteiger partial charge on any atom is 0.416 e. The summed E-state index contributed by atoms with van der Waals surface area (Å²) in [6, 6.07) is 10.8. The molecule has 0 atom stereocenters. The van der Waals surface area contributed by atoms with Crippen molar-refractivity contribution in [3.05, 3.63) is 82.8 Å². The van der Waals surface area contributed by atoms with Crippen molar-refractivity contribution in [2.24, 2.45) is 0 Å². The van der Waals surface area contributed by atoms with Crippen LogP contribution >= 0.6 is 0 Å². The van der Waals surface area contributed by atoms with E-state index in [4.69, 9.17) is 5.73 Å². The lowest BCUT2D eigenvalue weighted by molar-refractivity contribution is -0.137. The molecule has 0 bridgehead atoms. The number of benzene rings is 1. The molecule has 0 radical (unpaired) electrons. The van der Waals surface area contributed by atoms with Crippen LogP contribution < -0.4 is 11.1 Å². The summed E-state index contributed by atoms with van der Waals surface area (Å²) in [6.07, 6.45) is 1.14. The Morgan fingerprint density at radius 2 is 1.68 bits per heavy atom. The van der Waals surface area contributed by atoms with Gasteiger partial charge in [0.25, 0.3) is 0 Å². The first-order valence-corrected chi connectivity index (χ1v) is 9.71. The van der Waals surface area contributed by atoms with E-state index < -0.39 is 17.2 Å². The summed E-state index contributed by atoms with van der Waals surface area (Å²) in [7, 11) is 0. The summed E-state index contributed by atoms with van der Waals surface area (Å²) in [4.78, 5) is 12.8. The third kappa shape index (κ3) is 5.59. The molecule has 5 nitrogen and oxygen atoms in total. The minimum atomic E-state index is -4.36. The SMILES string of the molecule is Cc1nc(N)nc(NCc2ccccn2)c1/C=C\C(C)(C)c1ccc(C(F)(F)F)cc1. The fraction of sp³-hybridized carbons (Fsp3) is 0.261. The molecule has 0 spiro atoms. The highest BCUT2D eigenvalue weighted by atomic mass is 19.4. The van der Waals surface area contributed by atoms with Crippen LogP contribution in [0.25, 0.3) is 6.08 Å². The lowest BCUT2D eigenvalue weighted by Gasteiger charge is -2.22. The number of rotatable bonds is 6. The molecule has 0 saturated heterocycles. The van der Waals surface area contributed by atoms with Gasteiger partial charge in [0.2, 0.25) is 5.95 Å². The van der Waals surface area contributed by atoms with E-state index >= 15 is 0 Å². The maximum atomic E-state index is 12.9. The standard InChI is InChI=1S/C23H24F3N5/c1-15-19(20(31-21(27)30-15)29-14-18-6-4-5-13-28-18)11-12-22(2,3)16-7-9-17(10-8-16)23(24,25)26/h4-13H,14H2,1-3H3,(H3,27,29,30,31)/b12-11-. The highest BCUT2D eigenvalue weighted by Crippen LogP contribution is 2.33. The number of nitrogens with two attached hydrogens (primary N) is 1. The van der Waals surface area contributed by atoms with Crippen LogP contribution in [0.2, 0.25) is 0 Å². The zero-order valence-electron chi connectivity index (χ0n) is 17.5. The summed E-state index contributed by atoms with van der Waals surface area (Å²) in [5.41, 5.74) is 7.69. The van der Waals surface area contributed by atoms with E-state index in [1.54, 1.807) is 6.20 Å². The first kappa shape index (κ1) is 22.3. The average Bonchev–Trinajstić information content (AvgIpc) is 2.71. The molecule has 0 unspecified atom stereocenters. The zero-order chi connectivity index (χ0) is 22.6. The Hall–Kier alpha value is -3.42. The first-order chi connectivity index (χ1) is 14.6. The number of alkyl halides is 3. The molecule has 1 aromatic carbocycles. The second kappa shape index (κ2) is 8.75. The van der Waals surface area contributed by atoms with Gasteiger partial charge in [-0.05, 0) is 36.8 Å². The molecule has 3 rings (SSSR count). The normalized spacial score (nSPS) is 12.3. The van der Waals surface area contributed by atoms with E-state index in [9.17, 15) is 13.2 Å². The Morgan fingerprint density at radius 1 is 1.00 bits per heavy atom. The Kier molecular flexibility index (Phi) is 6.29. The van der Waals surface area contributed by atoms with Crippen LogP contribution in [-0.4, -0.2) is 15.0 Å². The second-order valence-corrected chi connectivity index (χ2v) is 7.73. The van der Waals surface area contributed by atoms with Gasteiger partial charge in [-0.25, -0.2) is 4.98 Å². The first-order valence-electron chi connectivity index (χ1n) is 9.71. The molecule has 3 N–H and O–H groups in total. The Labute approximate surface area is 179 Å². The van der Waals surface area contributed by atoms with Crippen molar-refractivity contribution in [2.45, 2.75) is 38.9 Å². The van der Waals surface area contributed by atoms with Gasteiger partial charge in [-0.1, -0.05) is 44.2 Å². The number of aryl methyl sites for hydroxylation is 1. The third-order valence-electron chi connectivity index (χ3n) is 4.94. The molecule has 162 valence electrons. The number of nitrogens with zero attached hydrogens (tertiary/aromatic N) is 3. The fourth-order valence-electron chi connectivity index (χ4n) is 3.09. The molecular formula is C23H24F3N5. The van der Waals surface area contributed by atoms with Crippen molar-refractivity contribution in [1.82, 2.24) is 15.0 Å². The van der Waals surface area contributed by atoms with Crippen molar-refractivity contribution in [1.29, 1.82) is 0 Å². The number of anilines is 2. The largest absolute Gasteiger partial charge is 0.416 e. The van der Waals surface area contributed by atoms with Crippen LogP contribution in [0.5, 0.6) is 0 Å². The third-order valence-corrected chi connectivity index (χ3v) is 4.94. The Morgan fingerprint density at radius 3 is 2.29 bits per heavy atom. The zero-order valence-corrected chi connectivity index (χ0v) is 17.5. The van der Waals surface area contributed by atoms with Gasteiger partial charge in [-0.3, -0.25) is 4.98 Å². The summed E-state index contributed by atoms with van der Waals surface area (Å²) in [6.45, 7) is 6.15. The van der Waals surface area contributed by atoms with Crippen molar-refractivity contribution in [3.8, 4) is 0 Å². The van der Waals surface area contributed by atoms with Crippen LogP contribution in [-0.2, 0) is 18.1 Å². The van der Waals surface area contributed by atoms with Gasteiger partial charge in [0.05, 0.1) is 23.5 Å². The number of nitrogens with one attached hydrogen (secondary N) is 1. The highest BCUT2D eigenvalue weighted by molar-refractivity contribution is 5.67.